The Morgan fingerprint density at radius 2 is 1.75 bits per heavy atom. The quantitative estimate of drug-likeness (QED) is 0.648. The van der Waals surface area contributed by atoms with Gasteiger partial charge in [-0.1, -0.05) is 26.0 Å². The molecule has 1 heterocycles. The maximum absolute atomic E-state index is 12.8. The molecule has 128 valence electrons. The molecule has 0 unspecified atom stereocenters. The number of hydrogen-bond acceptors (Lipinski definition) is 4. The van der Waals surface area contributed by atoms with Crippen LogP contribution < -0.4 is 10.2 Å². The molecule has 24 heavy (non-hydrogen) atoms. The number of halogens is 1. The molecule has 5 heteroatoms. The first-order chi connectivity index (χ1) is 11.2. The van der Waals surface area contributed by atoms with Gasteiger partial charge in [0, 0.05) is 6.54 Å². The van der Waals surface area contributed by atoms with Crippen LogP contribution in [0.4, 0.5) is 0 Å². The van der Waals surface area contributed by atoms with E-state index in [0.717, 1.165) is 24.4 Å². The maximum Gasteiger partial charge on any atom is 0.200 e. The molecule has 0 fully saturated rings. The first-order valence-corrected chi connectivity index (χ1v) is 7.93. The molecule has 0 saturated heterocycles. The van der Waals surface area contributed by atoms with E-state index in [-0.39, 0.29) is 17.8 Å². The molecule has 1 aromatic heterocycles. The average Bonchev–Trinajstić information content (AvgIpc) is 2.60. The molecule has 0 saturated carbocycles. The highest BCUT2D eigenvalue weighted by Gasteiger charge is 2.16. The smallest absolute Gasteiger partial charge is 0.200 e. The zero-order chi connectivity index (χ0) is 16.4. The van der Waals surface area contributed by atoms with Crippen LogP contribution in [0.15, 0.2) is 45.6 Å². The second kappa shape index (κ2) is 7.69. The Labute approximate surface area is 147 Å². The largest absolute Gasteiger partial charge is 0.496 e. The molecule has 0 spiro atoms. The summed E-state index contributed by atoms with van der Waals surface area (Å²) < 4.78 is 11.6. The fourth-order valence-electron chi connectivity index (χ4n) is 2.92. The molecule has 0 amide bonds. The minimum atomic E-state index is 0. The van der Waals surface area contributed by atoms with E-state index in [4.69, 9.17) is 9.15 Å². The molecule has 3 rings (SSSR count). The van der Waals surface area contributed by atoms with Crippen LogP contribution in [0.2, 0.25) is 0 Å². The number of benzene rings is 2. The van der Waals surface area contributed by atoms with Crippen molar-refractivity contribution in [3.63, 3.8) is 0 Å². The predicted molar refractivity (Wildman–Crippen MR) is 100 cm³/mol. The molecule has 3 aromatic rings. The normalized spacial score (nSPS) is 11.0. The van der Waals surface area contributed by atoms with E-state index in [9.17, 15) is 4.79 Å². The van der Waals surface area contributed by atoms with Gasteiger partial charge in [-0.25, -0.2) is 0 Å². The van der Waals surface area contributed by atoms with Crippen molar-refractivity contribution in [1.82, 2.24) is 4.90 Å². The number of rotatable bonds is 5. The molecule has 2 aromatic carbocycles. The number of para-hydroxylation sites is 1. The molecular weight excluding hydrogens is 326 g/mol. The van der Waals surface area contributed by atoms with Crippen molar-refractivity contribution in [1.29, 1.82) is 0 Å². The summed E-state index contributed by atoms with van der Waals surface area (Å²) >= 11 is 0. The molecule has 0 aliphatic carbocycles. The van der Waals surface area contributed by atoms with E-state index in [2.05, 4.69) is 18.7 Å². The zero-order valence-electron chi connectivity index (χ0n) is 14.2. The third-order valence-electron chi connectivity index (χ3n) is 4.30. The van der Waals surface area contributed by atoms with Gasteiger partial charge in [0.1, 0.15) is 16.9 Å². The standard InChI is InChI=1S/C19H21NO3.ClH/c1-4-20(5-2)12-15-16(22-3)11-10-14-18(21)13-8-6-7-9-17(13)23-19(14)15;/h6-11H,4-5,12H2,1-3H3;1H. The van der Waals surface area contributed by atoms with E-state index in [1.807, 2.05) is 24.3 Å². The van der Waals surface area contributed by atoms with Gasteiger partial charge >= 0.3 is 0 Å². The van der Waals surface area contributed by atoms with Crippen molar-refractivity contribution in [3.8, 4) is 5.75 Å². The van der Waals surface area contributed by atoms with Crippen molar-refractivity contribution in [3.05, 3.63) is 52.2 Å². The number of fused-ring (bicyclic) bond motifs is 2. The summed E-state index contributed by atoms with van der Waals surface area (Å²) in [6.07, 6.45) is 0. The Balaban J connectivity index is 0.00000208. The van der Waals surface area contributed by atoms with Crippen molar-refractivity contribution in [2.75, 3.05) is 20.2 Å². The summed E-state index contributed by atoms with van der Waals surface area (Å²) in [6, 6.07) is 11.0. The highest BCUT2D eigenvalue weighted by molar-refractivity contribution is 5.92. The van der Waals surface area contributed by atoms with Gasteiger partial charge in [0.15, 0.2) is 0 Å². The lowest BCUT2D eigenvalue weighted by atomic mass is 10.1. The molecule has 0 aliphatic heterocycles. The van der Waals surface area contributed by atoms with Crippen molar-refractivity contribution in [2.45, 2.75) is 20.4 Å². The number of hydrogen-bond donors (Lipinski definition) is 0. The van der Waals surface area contributed by atoms with Crippen LogP contribution in [0.5, 0.6) is 5.75 Å². The lowest BCUT2D eigenvalue weighted by Crippen LogP contribution is -2.22. The first-order valence-electron chi connectivity index (χ1n) is 7.93. The van der Waals surface area contributed by atoms with Crippen molar-refractivity contribution in [2.24, 2.45) is 0 Å². The van der Waals surface area contributed by atoms with Crippen LogP contribution >= 0.6 is 12.4 Å². The van der Waals surface area contributed by atoms with Crippen LogP contribution in [0.1, 0.15) is 19.4 Å². The molecule has 0 aliphatic rings. The van der Waals surface area contributed by atoms with Crippen molar-refractivity contribution >= 4 is 34.3 Å². The summed E-state index contributed by atoms with van der Waals surface area (Å²) in [4.78, 5) is 15.0. The summed E-state index contributed by atoms with van der Waals surface area (Å²) in [7, 11) is 1.64. The van der Waals surface area contributed by atoms with Crippen LogP contribution in [-0.4, -0.2) is 25.1 Å². The minimum absolute atomic E-state index is 0. The molecule has 4 nitrogen and oxygen atoms in total. The molecule has 0 bridgehead atoms. The summed E-state index contributed by atoms with van der Waals surface area (Å²) in [5.74, 6) is 0.753. The summed E-state index contributed by atoms with van der Waals surface area (Å²) in [6.45, 7) is 6.77. The lowest BCUT2D eigenvalue weighted by molar-refractivity contribution is 0.289. The van der Waals surface area contributed by atoms with E-state index < -0.39 is 0 Å². The van der Waals surface area contributed by atoms with Gasteiger partial charge in [0.25, 0.3) is 0 Å². The second-order valence-corrected chi connectivity index (χ2v) is 5.51. The fraction of sp³-hybridized carbons (Fsp3) is 0.316. The molecule has 0 radical (unpaired) electrons. The Kier molecular flexibility index (Phi) is 5.86. The summed E-state index contributed by atoms with van der Waals surface area (Å²) in [5, 5.41) is 1.21. The van der Waals surface area contributed by atoms with Crippen LogP contribution in [0, 0.1) is 0 Å². The second-order valence-electron chi connectivity index (χ2n) is 5.51. The van der Waals surface area contributed by atoms with Gasteiger partial charge in [-0.05, 0) is 37.4 Å². The topological polar surface area (TPSA) is 42.7 Å². The lowest BCUT2D eigenvalue weighted by Gasteiger charge is -2.20. The minimum Gasteiger partial charge on any atom is -0.496 e. The van der Waals surface area contributed by atoms with E-state index in [1.165, 1.54) is 0 Å². The van der Waals surface area contributed by atoms with Gasteiger partial charge in [0.05, 0.1) is 23.4 Å². The van der Waals surface area contributed by atoms with E-state index in [0.29, 0.717) is 28.5 Å². The predicted octanol–water partition coefficient (Wildman–Crippen LogP) is 4.22. The molecule has 0 atom stereocenters. The van der Waals surface area contributed by atoms with Gasteiger partial charge in [0.2, 0.25) is 5.43 Å². The monoisotopic (exact) mass is 347 g/mol. The van der Waals surface area contributed by atoms with Gasteiger partial charge in [-0.3, -0.25) is 9.69 Å². The first kappa shape index (κ1) is 18.3. The number of methoxy groups -OCH3 is 1. The Morgan fingerprint density at radius 3 is 2.42 bits per heavy atom. The Bertz CT molecular complexity index is 900. The van der Waals surface area contributed by atoms with Gasteiger partial charge in [-0.15, -0.1) is 12.4 Å². The summed E-state index contributed by atoms with van der Waals surface area (Å²) in [5.41, 5.74) is 2.17. The third-order valence-corrected chi connectivity index (χ3v) is 4.30. The van der Waals surface area contributed by atoms with Crippen LogP contribution in [0.25, 0.3) is 21.9 Å². The third kappa shape index (κ3) is 3.12. The maximum atomic E-state index is 12.8. The molecule has 0 N–H and O–H groups in total. The van der Waals surface area contributed by atoms with Crippen LogP contribution in [-0.2, 0) is 6.54 Å². The van der Waals surface area contributed by atoms with Gasteiger partial charge < -0.3 is 9.15 Å². The average molecular weight is 348 g/mol. The molecular formula is C19H22ClNO3. The van der Waals surface area contributed by atoms with E-state index >= 15 is 0 Å². The van der Waals surface area contributed by atoms with Gasteiger partial charge in [-0.2, -0.15) is 0 Å². The number of nitrogens with zero attached hydrogens (tertiary/aromatic N) is 1. The van der Waals surface area contributed by atoms with E-state index in [1.54, 1.807) is 19.2 Å². The highest BCUT2D eigenvalue weighted by Crippen LogP contribution is 2.30. The van der Waals surface area contributed by atoms with Crippen LogP contribution in [0.3, 0.4) is 0 Å². The highest BCUT2D eigenvalue weighted by atomic mass is 35.5. The SMILES string of the molecule is CCN(CC)Cc1c(OC)ccc2c(=O)c3ccccc3oc12.Cl. The Hall–Kier alpha value is -2.04. The van der Waals surface area contributed by atoms with Crippen molar-refractivity contribution < 1.29 is 9.15 Å². The number of ether oxygens (including phenoxy) is 1. The zero-order valence-corrected chi connectivity index (χ0v) is 15.0. The fourth-order valence-corrected chi connectivity index (χ4v) is 2.92. The Morgan fingerprint density at radius 1 is 1.04 bits per heavy atom.